The Balaban J connectivity index is 1.99. The lowest BCUT2D eigenvalue weighted by atomic mass is 10.0. The maximum atomic E-state index is 4.28. The third-order valence-corrected chi connectivity index (χ3v) is 2.93. The van der Waals surface area contributed by atoms with Gasteiger partial charge in [0.1, 0.15) is 0 Å². The van der Waals surface area contributed by atoms with Crippen LogP contribution in [0.1, 0.15) is 37.1 Å². The van der Waals surface area contributed by atoms with Gasteiger partial charge in [0.15, 0.2) is 0 Å². The Bertz CT molecular complexity index is 442. The van der Waals surface area contributed by atoms with Gasteiger partial charge in [-0.1, -0.05) is 43.7 Å². The quantitative estimate of drug-likeness (QED) is 0.844. The molecular formula is C15H19N3. The maximum absolute atomic E-state index is 4.28. The number of hydrogen-bond acceptors (Lipinski definition) is 3. The third-order valence-electron chi connectivity index (χ3n) is 2.93. The second kappa shape index (κ2) is 6.87. The molecule has 1 N–H and O–H groups in total. The van der Waals surface area contributed by atoms with E-state index in [0.29, 0.717) is 6.04 Å². The van der Waals surface area contributed by atoms with E-state index in [0.717, 1.165) is 25.1 Å². The van der Waals surface area contributed by atoms with Gasteiger partial charge < -0.3 is 5.32 Å². The fraction of sp³-hybridized carbons (Fsp3) is 0.333. The van der Waals surface area contributed by atoms with E-state index < -0.39 is 0 Å². The van der Waals surface area contributed by atoms with Crippen LogP contribution in [0, 0.1) is 0 Å². The molecule has 0 bridgehead atoms. The van der Waals surface area contributed by atoms with E-state index >= 15 is 0 Å². The fourth-order valence-electron chi connectivity index (χ4n) is 2.01. The molecule has 3 nitrogen and oxygen atoms in total. The van der Waals surface area contributed by atoms with Gasteiger partial charge in [-0.3, -0.25) is 9.97 Å². The highest BCUT2D eigenvalue weighted by Gasteiger charge is 2.09. The molecule has 3 heteroatoms. The summed E-state index contributed by atoms with van der Waals surface area (Å²) in [5.41, 5.74) is 2.32. The lowest BCUT2D eigenvalue weighted by Crippen LogP contribution is -2.21. The van der Waals surface area contributed by atoms with Crippen molar-refractivity contribution in [3.05, 3.63) is 60.2 Å². The Hall–Kier alpha value is -1.74. The number of benzene rings is 1. The van der Waals surface area contributed by atoms with Crippen molar-refractivity contribution < 1.29 is 0 Å². The van der Waals surface area contributed by atoms with E-state index in [1.54, 1.807) is 18.6 Å². The summed E-state index contributed by atoms with van der Waals surface area (Å²) in [6, 6.07) is 10.9. The molecular weight excluding hydrogens is 222 g/mol. The molecule has 0 aliphatic heterocycles. The molecule has 0 amide bonds. The molecule has 1 heterocycles. The predicted molar refractivity (Wildman–Crippen MR) is 73.0 cm³/mol. The van der Waals surface area contributed by atoms with Crippen molar-refractivity contribution in [3.8, 4) is 0 Å². The van der Waals surface area contributed by atoms with Crippen LogP contribution in [-0.2, 0) is 6.54 Å². The zero-order chi connectivity index (χ0) is 12.6. The van der Waals surface area contributed by atoms with Crippen LogP contribution in [0.2, 0.25) is 0 Å². The van der Waals surface area contributed by atoms with Gasteiger partial charge in [0.2, 0.25) is 0 Å². The Morgan fingerprint density at radius 2 is 2.00 bits per heavy atom. The van der Waals surface area contributed by atoms with Gasteiger partial charge in [-0.15, -0.1) is 0 Å². The predicted octanol–water partition coefficient (Wildman–Crippen LogP) is 3.11. The van der Waals surface area contributed by atoms with Crippen molar-refractivity contribution in [2.75, 3.05) is 0 Å². The number of hydrogen-bond donors (Lipinski definition) is 1. The number of nitrogens with zero attached hydrogens (tertiary/aromatic N) is 2. The first-order chi connectivity index (χ1) is 8.90. The van der Waals surface area contributed by atoms with E-state index in [1.807, 2.05) is 0 Å². The largest absolute Gasteiger partial charge is 0.304 e. The molecule has 2 rings (SSSR count). The SMILES string of the molecule is CCCC(NCc1cnccn1)c1ccccc1. The molecule has 0 radical (unpaired) electrons. The molecule has 1 unspecified atom stereocenters. The van der Waals surface area contributed by atoms with Crippen LogP contribution >= 0.6 is 0 Å². The highest BCUT2D eigenvalue weighted by atomic mass is 14.9. The second-order valence-electron chi connectivity index (χ2n) is 4.33. The van der Waals surface area contributed by atoms with Gasteiger partial charge >= 0.3 is 0 Å². The van der Waals surface area contributed by atoms with Crippen LogP contribution in [0.25, 0.3) is 0 Å². The molecule has 0 spiro atoms. The van der Waals surface area contributed by atoms with Gasteiger partial charge in [-0.05, 0) is 12.0 Å². The van der Waals surface area contributed by atoms with E-state index in [4.69, 9.17) is 0 Å². The van der Waals surface area contributed by atoms with Crippen LogP contribution in [0.4, 0.5) is 0 Å². The van der Waals surface area contributed by atoms with Crippen molar-refractivity contribution in [1.82, 2.24) is 15.3 Å². The molecule has 2 aromatic rings. The molecule has 1 aromatic heterocycles. The van der Waals surface area contributed by atoms with Gasteiger partial charge in [-0.25, -0.2) is 0 Å². The minimum atomic E-state index is 0.387. The smallest absolute Gasteiger partial charge is 0.0724 e. The summed E-state index contributed by atoms with van der Waals surface area (Å²) in [6.07, 6.45) is 7.52. The highest BCUT2D eigenvalue weighted by molar-refractivity contribution is 5.18. The number of nitrogens with one attached hydrogen (secondary N) is 1. The average Bonchev–Trinajstić information content (AvgIpc) is 2.45. The summed E-state index contributed by atoms with van der Waals surface area (Å²) in [5.74, 6) is 0. The average molecular weight is 241 g/mol. The zero-order valence-electron chi connectivity index (χ0n) is 10.7. The first-order valence-corrected chi connectivity index (χ1v) is 6.43. The van der Waals surface area contributed by atoms with Crippen LogP contribution in [0.15, 0.2) is 48.9 Å². The van der Waals surface area contributed by atoms with E-state index in [2.05, 4.69) is 52.5 Å². The molecule has 0 saturated heterocycles. The van der Waals surface area contributed by atoms with Gasteiger partial charge in [0, 0.05) is 31.2 Å². The molecule has 0 aliphatic rings. The lowest BCUT2D eigenvalue weighted by molar-refractivity contribution is 0.489. The van der Waals surface area contributed by atoms with Crippen molar-refractivity contribution in [2.45, 2.75) is 32.4 Å². The third kappa shape index (κ3) is 3.64. The summed E-state index contributed by atoms with van der Waals surface area (Å²) in [7, 11) is 0. The Morgan fingerprint density at radius 3 is 2.67 bits per heavy atom. The molecule has 0 saturated carbocycles. The molecule has 94 valence electrons. The Kier molecular flexibility index (Phi) is 4.85. The summed E-state index contributed by atoms with van der Waals surface area (Å²) in [6.45, 7) is 2.97. The van der Waals surface area contributed by atoms with Crippen molar-refractivity contribution in [3.63, 3.8) is 0 Å². The second-order valence-corrected chi connectivity index (χ2v) is 4.33. The summed E-state index contributed by atoms with van der Waals surface area (Å²) >= 11 is 0. The summed E-state index contributed by atoms with van der Waals surface area (Å²) < 4.78 is 0. The molecule has 1 aromatic carbocycles. The Labute approximate surface area is 108 Å². The lowest BCUT2D eigenvalue weighted by Gasteiger charge is -2.18. The highest BCUT2D eigenvalue weighted by Crippen LogP contribution is 2.18. The molecule has 1 atom stereocenters. The molecule has 18 heavy (non-hydrogen) atoms. The number of aromatic nitrogens is 2. The van der Waals surface area contributed by atoms with Crippen LogP contribution in [0.3, 0.4) is 0 Å². The van der Waals surface area contributed by atoms with E-state index in [-0.39, 0.29) is 0 Å². The zero-order valence-corrected chi connectivity index (χ0v) is 10.7. The molecule has 0 aliphatic carbocycles. The minimum Gasteiger partial charge on any atom is -0.304 e. The first kappa shape index (κ1) is 12.7. The normalized spacial score (nSPS) is 12.3. The van der Waals surface area contributed by atoms with Crippen LogP contribution in [-0.4, -0.2) is 9.97 Å². The summed E-state index contributed by atoms with van der Waals surface area (Å²) in [5, 5.41) is 3.55. The van der Waals surface area contributed by atoms with Crippen molar-refractivity contribution >= 4 is 0 Å². The van der Waals surface area contributed by atoms with Gasteiger partial charge in [0.25, 0.3) is 0 Å². The van der Waals surface area contributed by atoms with E-state index in [1.165, 1.54) is 5.56 Å². The monoisotopic (exact) mass is 241 g/mol. The van der Waals surface area contributed by atoms with Gasteiger partial charge in [-0.2, -0.15) is 0 Å². The van der Waals surface area contributed by atoms with E-state index in [9.17, 15) is 0 Å². The van der Waals surface area contributed by atoms with Crippen molar-refractivity contribution in [2.24, 2.45) is 0 Å². The van der Waals surface area contributed by atoms with Gasteiger partial charge in [0.05, 0.1) is 5.69 Å². The topological polar surface area (TPSA) is 37.8 Å². The molecule has 0 fully saturated rings. The standard InChI is InChI=1S/C15H19N3/c1-2-6-15(13-7-4-3-5-8-13)18-12-14-11-16-9-10-17-14/h3-5,7-11,15,18H,2,6,12H2,1H3. The first-order valence-electron chi connectivity index (χ1n) is 6.43. The fourth-order valence-corrected chi connectivity index (χ4v) is 2.01. The summed E-state index contributed by atoms with van der Waals surface area (Å²) in [4.78, 5) is 8.36. The minimum absolute atomic E-state index is 0.387. The maximum Gasteiger partial charge on any atom is 0.0724 e. The van der Waals surface area contributed by atoms with Crippen LogP contribution in [0.5, 0.6) is 0 Å². The number of rotatable bonds is 6. The Morgan fingerprint density at radius 1 is 1.17 bits per heavy atom. The van der Waals surface area contributed by atoms with Crippen LogP contribution < -0.4 is 5.32 Å². The van der Waals surface area contributed by atoms with Crippen molar-refractivity contribution in [1.29, 1.82) is 0 Å².